The van der Waals surface area contributed by atoms with Crippen molar-refractivity contribution >= 4 is 23.1 Å². The molecular weight excluding hydrogens is 252 g/mol. The van der Waals surface area contributed by atoms with E-state index in [2.05, 4.69) is 9.97 Å². The van der Waals surface area contributed by atoms with Crippen molar-refractivity contribution in [3.05, 3.63) is 51.5 Å². The minimum Gasteiger partial charge on any atom is -0.399 e. The quantitative estimate of drug-likeness (QED) is 0.827. The molecule has 0 amide bonds. The van der Waals surface area contributed by atoms with Gasteiger partial charge in [-0.3, -0.25) is 4.79 Å². The Morgan fingerprint density at radius 1 is 1.50 bits per heavy atom. The van der Waals surface area contributed by atoms with Crippen molar-refractivity contribution in [2.45, 2.75) is 6.54 Å². The van der Waals surface area contributed by atoms with Crippen LogP contribution < -0.4 is 16.2 Å². The van der Waals surface area contributed by atoms with Gasteiger partial charge in [0.15, 0.2) is 5.82 Å². The molecule has 6 heteroatoms. The first-order valence-electron chi connectivity index (χ1n) is 5.36. The molecule has 94 valence electrons. The summed E-state index contributed by atoms with van der Waals surface area (Å²) in [6, 6.07) is 5.26. The summed E-state index contributed by atoms with van der Waals surface area (Å²) in [5.41, 5.74) is 6.96. The molecule has 0 saturated heterocycles. The number of H-pyrrole nitrogens is 1. The van der Waals surface area contributed by atoms with Crippen LogP contribution in [-0.4, -0.2) is 17.0 Å². The van der Waals surface area contributed by atoms with Crippen molar-refractivity contribution in [1.82, 2.24) is 9.97 Å². The van der Waals surface area contributed by atoms with Crippen LogP contribution in [-0.2, 0) is 6.54 Å². The lowest BCUT2D eigenvalue weighted by Gasteiger charge is -2.17. The van der Waals surface area contributed by atoms with Gasteiger partial charge in [-0.1, -0.05) is 11.6 Å². The maximum absolute atomic E-state index is 11.6. The third-order valence-corrected chi connectivity index (χ3v) is 2.90. The Morgan fingerprint density at radius 3 is 3.00 bits per heavy atom. The van der Waals surface area contributed by atoms with Crippen molar-refractivity contribution in [3.8, 4) is 0 Å². The van der Waals surface area contributed by atoms with Crippen LogP contribution in [0, 0.1) is 0 Å². The number of hydrogen-bond acceptors (Lipinski definition) is 4. The fourth-order valence-corrected chi connectivity index (χ4v) is 1.84. The number of nitrogens with two attached hydrogens (primary N) is 1. The zero-order chi connectivity index (χ0) is 13.1. The molecule has 0 atom stereocenters. The van der Waals surface area contributed by atoms with Crippen molar-refractivity contribution in [2.24, 2.45) is 0 Å². The molecule has 1 aromatic carbocycles. The van der Waals surface area contributed by atoms with E-state index in [0.717, 1.165) is 5.56 Å². The summed E-state index contributed by atoms with van der Waals surface area (Å²) < 4.78 is 0. The van der Waals surface area contributed by atoms with Gasteiger partial charge in [0, 0.05) is 36.7 Å². The Kier molecular flexibility index (Phi) is 3.53. The van der Waals surface area contributed by atoms with E-state index >= 15 is 0 Å². The molecule has 1 heterocycles. The fourth-order valence-electron chi connectivity index (χ4n) is 1.66. The van der Waals surface area contributed by atoms with Gasteiger partial charge in [0.25, 0.3) is 5.56 Å². The lowest BCUT2D eigenvalue weighted by Crippen LogP contribution is -2.25. The van der Waals surface area contributed by atoms with E-state index in [1.54, 1.807) is 30.1 Å². The summed E-state index contributed by atoms with van der Waals surface area (Å²) in [6.07, 6.45) is 3.03. The average molecular weight is 265 g/mol. The highest BCUT2D eigenvalue weighted by Gasteiger charge is 2.09. The topological polar surface area (TPSA) is 75.0 Å². The number of hydrogen-bond donors (Lipinski definition) is 2. The van der Waals surface area contributed by atoms with Crippen molar-refractivity contribution in [3.63, 3.8) is 0 Å². The van der Waals surface area contributed by atoms with E-state index in [-0.39, 0.29) is 5.56 Å². The van der Waals surface area contributed by atoms with Crippen LogP contribution in [0.4, 0.5) is 11.5 Å². The van der Waals surface area contributed by atoms with Gasteiger partial charge in [-0.05, 0) is 23.8 Å². The standard InChI is InChI=1S/C12H13ClN4O/c1-17(11-12(18)16-5-4-15-11)7-8-6-9(14)2-3-10(8)13/h2-6H,7,14H2,1H3,(H,16,18). The second kappa shape index (κ2) is 5.10. The molecule has 0 aliphatic carbocycles. The summed E-state index contributed by atoms with van der Waals surface area (Å²) in [5.74, 6) is 0.344. The molecular formula is C12H13ClN4O. The molecule has 0 aliphatic rings. The summed E-state index contributed by atoms with van der Waals surface area (Å²) in [7, 11) is 1.77. The minimum absolute atomic E-state index is 0.236. The lowest BCUT2D eigenvalue weighted by atomic mass is 10.2. The van der Waals surface area contributed by atoms with Crippen LogP contribution in [0.5, 0.6) is 0 Å². The highest BCUT2D eigenvalue weighted by atomic mass is 35.5. The first kappa shape index (κ1) is 12.4. The number of benzene rings is 1. The molecule has 0 radical (unpaired) electrons. The van der Waals surface area contributed by atoms with Crippen molar-refractivity contribution in [1.29, 1.82) is 0 Å². The summed E-state index contributed by atoms with van der Waals surface area (Å²) in [5, 5.41) is 0.614. The monoisotopic (exact) mass is 264 g/mol. The second-order valence-corrected chi connectivity index (χ2v) is 4.36. The van der Waals surface area contributed by atoms with Crippen molar-refractivity contribution in [2.75, 3.05) is 17.7 Å². The Morgan fingerprint density at radius 2 is 2.28 bits per heavy atom. The maximum Gasteiger partial charge on any atom is 0.290 e. The van der Waals surface area contributed by atoms with Gasteiger partial charge in [-0.15, -0.1) is 0 Å². The van der Waals surface area contributed by atoms with Gasteiger partial charge < -0.3 is 15.6 Å². The van der Waals surface area contributed by atoms with Gasteiger partial charge in [-0.25, -0.2) is 4.98 Å². The summed E-state index contributed by atoms with van der Waals surface area (Å²) in [4.78, 5) is 19.9. The third kappa shape index (κ3) is 2.62. The Labute approximate surface area is 109 Å². The maximum atomic E-state index is 11.6. The van der Waals surface area contributed by atoms with E-state index in [1.807, 2.05) is 0 Å². The molecule has 0 aliphatic heterocycles. The van der Waals surface area contributed by atoms with E-state index in [1.165, 1.54) is 12.4 Å². The fraction of sp³-hybridized carbons (Fsp3) is 0.167. The number of nitrogen functional groups attached to an aromatic ring is 1. The Hall–Kier alpha value is -2.01. The van der Waals surface area contributed by atoms with E-state index < -0.39 is 0 Å². The lowest BCUT2D eigenvalue weighted by molar-refractivity contribution is 0.879. The summed E-state index contributed by atoms with van der Waals surface area (Å²) in [6.45, 7) is 0.462. The summed E-state index contributed by atoms with van der Waals surface area (Å²) >= 11 is 6.08. The van der Waals surface area contributed by atoms with Crippen LogP contribution in [0.15, 0.2) is 35.4 Å². The van der Waals surface area contributed by atoms with Crippen LogP contribution in [0.1, 0.15) is 5.56 Å². The van der Waals surface area contributed by atoms with E-state index in [9.17, 15) is 4.79 Å². The normalized spacial score (nSPS) is 10.3. The molecule has 0 fully saturated rings. The number of aromatic nitrogens is 2. The van der Waals surface area contributed by atoms with Gasteiger partial charge in [0.1, 0.15) is 0 Å². The van der Waals surface area contributed by atoms with Gasteiger partial charge in [0.2, 0.25) is 0 Å². The van der Waals surface area contributed by atoms with Crippen molar-refractivity contribution < 1.29 is 0 Å². The van der Waals surface area contributed by atoms with Gasteiger partial charge in [0.05, 0.1) is 0 Å². The number of anilines is 2. The predicted molar refractivity (Wildman–Crippen MR) is 72.8 cm³/mol. The highest BCUT2D eigenvalue weighted by Crippen LogP contribution is 2.20. The number of halogens is 1. The molecule has 2 rings (SSSR count). The molecule has 18 heavy (non-hydrogen) atoms. The smallest absolute Gasteiger partial charge is 0.290 e. The second-order valence-electron chi connectivity index (χ2n) is 3.95. The van der Waals surface area contributed by atoms with Gasteiger partial charge >= 0.3 is 0 Å². The largest absolute Gasteiger partial charge is 0.399 e. The number of nitrogens with zero attached hydrogens (tertiary/aromatic N) is 2. The van der Waals surface area contributed by atoms with Crippen LogP contribution in [0.3, 0.4) is 0 Å². The zero-order valence-electron chi connectivity index (χ0n) is 9.85. The molecule has 1 aromatic heterocycles. The first-order valence-corrected chi connectivity index (χ1v) is 5.74. The number of nitrogens with one attached hydrogen (secondary N) is 1. The molecule has 0 unspecified atom stereocenters. The average Bonchev–Trinajstić information content (AvgIpc) is 2.34. The minimum atomic E-state index is -0.236. The zero-order valence-corrected chi connectivity index (χ0v) is 10.6. The molecule has 3 N–H and O–H groups in total. The molecule has 0 bridgehead atoms. The molecule has 0 spiro atoms. The van der Waals surface area contributed by atoms with Gasteiger partial charge in [-0.2, -0.15) is 0 Å². The SMILES string of the molecule is CN(Cc1cc(N)ccc1Cl)c1ncc[nH]c1=O. The number of rotatable bonds is 3. The molecule has 0 saturated carbocycles. The number of aromatic amines is 1. The van der Waals surface area contributed by atoms with Crippen LogP contribution in [0.25, 0.3) is 0 Å². The Balaban J connectivity index is 2.27. The van der Waals surface area contributed by atoms with E-state index in [0.29, 0.717) is 23.1 Å². The Bertz CT molecular complexity index is 611. The predicted octanol–water partition coefficient (Wildman–Crippen LogP) is 1.64. The van der Waals surface area contributed by atoms with Crippen LogP contribution in [0.2, 0.25) is 5.02 Å². The molecule has 2 aromatic rings. The highest BCUT2D eigenvalue weighted by molar-refractivity contribution is 6.31. The van der Waals surface area contributed by atoms with E-state index in [4.69, 9.17) is 17.3 Å². The third-order valence-electron chi connectivity index (χ3n) is 2.53. The first-order chi connectivity index (χ1) is 8.58. The molecule has 5 nitrogen and oxygen atoms in total. The van der Waals surface area contributed by atoms with Crippen LogP contribution >= 0.6 is 11.6 Å².